The average Bonchev–Trinajstić information content (AvgIpc) is 2.62. The molecule has 10 nitrogen and oxygen atoms in total. The van der Waals surface area contributed by atoms with Crippen molar-refractivity contribution in [1.29, 1.82) is 0 Å². The third-order valence-electron chi connectivity index (χ3n) is 3.11. The van der Waals surface area contributed by atoms with Crippen molar-refractivity contribution in [3.05, 3.63) is 0 Å². The van der Waals surface area contributed by atoms with Crippen molar-refractivity contribution in [3.63, 3.8) is 0 Å². The van der Waals surface area contributed by atoms with E-state index < -0.39 is 25.7 Å². The van der Waals surface area contributed by atoms with E-state index in [1.165, 1.54) is 4.90 Å². The minimum Gasteiger partial charge on any atom is -0.361 e. The summed E-state index contributed by atoms with van der Waals surface area (Å²) in [6.07, 6.45) is -0.565. The van der Waals surface area contributed by atoms with Gasteiger partial charge in [0.25, 0.3) is 0 Å². The van der Waals surface area contributed by atoms with Gasteiger partial charge >= 0.3 is 13.6 Å². The first-order valence-electron chi connectivity index (χ1n) is 9.09. The molecule has 0 fully saturated rings. The van der Waals surface area contributed by atoms with Crippen molar-refractivity contribution in [2.24, 2.45) is 0 Å². The molecule has 0 unspecified atom stereocenters. The number of hydrogen-bond donors (Lipinski definition) is 0. The highest BCUT2D eigenvalue weighted by Crippen LogP contribution is 2.48. The largest absolute Gasteiger partial charge is 0.361 e. The van der Waals surface area contributed by atoms with Crippen LogP contribution >= 0.6 is 7.60 Å². The lowest BCUT2D eigenvalue weighted by Gasteiger charge is -2.29. The van der Waals surface area contributed by atoms with Gasteiger partial charge in [0.05, 0.1) is 13.2 Å². The number of carbonyl (C=O) groups is 2. The Labute approximate surface area is 161 Å². The number of amides is 3. The number of rotatable bonds is 15. The predicted octanol–water partition coefficient (Wildman–Crippen LogP) is 2.49. The number of carbonyl (C=O) groups excluding carboxylic acids is 2. The van der Waals surface area contributed by atoms with Crippen molar-refractivity contribution in [1.82, 2.24) is 9.80 Å². The molecule has 0 saturated heterocycles. The van der Waals surface area contributed by atoms with Crippen LogP contribution in [0.15, 0.2) is 0 Å². The van der Waals surface area contributed by atoms with Crippen LogP contribution in [0.1, 0.15) is 34.6 Å². The van der Waals surface area contributed by atoms with Gasteiger partial charge in [0, 0.05) is 19.8 Å². The van der Waals surface area contributed by atoms with E-state index >= 15 is 0 Å². The Morgan fingerprint density at radius 2 is 1.19 bits per heavy atom. The van der Waals surface area contributed by atoms with Crippen LogP contribution in [0.25, 0.3) is 0 Å². The number of ether oxygens (including phenoxy) is 3. The van der Waals surface area contributed by atoms with Crippen molar-refractivity contribution >= 4 is 19.5 Å². The Balaban J connectivity index is 5.36. The van der Waals surface area contributed by atoms with E-state index in [2.05, 4.69) is 0 Å². The second-order valence-corrected chi connectivity index (χ2v) is 7.17. The van der Waals surface area contributed by atoms with Gasteiger partial charge in [-0.2, -0.15) is 0 Å². The SMILES string of the molecule is CCOCN(COCC)C(=O)N(COCC)C(=O)CP(=O)(OCC)OCC. The Morgan fingerprint density at radius 3 is 1.59 bits per heavy atom. The van der Waals surface area contributed by atoms with E-state index in [0.29, 0.717) is 19.8 Å². The van der Waals surface area contributed by atoms with Gasteiger partial charge in [-0.15, -0.1) is 0 Å². The molecule has 11 heteroatoms. The van der Waals surface area contributed by atoms with Gasteiger partial charge in [-0.25, -0.2) is 9.69 Å². The van der Waals surface area contributed by atoms with Crippen molar-refractivity contribution in [2.75, 3.05) is 59.4 Å². The summed E-state index contributed by atoms with van der Waals surface area (Å²) >= 11 is 0. The molecule has 0 heterocycles. The van der Waals surface area contributed by atoms with E-state index in [4.69, 9.17) is 23.3 Å². The summed E-state index contributed by atoms with van der Waals surface area (Å²) in [5.74, 6) is -0.725. The molecule has 0 saturated carbocycles. The van der Waals surface area contributed by atoms with Crippen LogP contribution in [-0.2, 0) is 32.6 Å². The Morgan fingerprint density at radius 1 is 0.741 bits per heavy atom. The van der Waals surface area contributed by atoms with Gasteiger partial charge in [-0.05, 0) is 34.6 Å². The van der Waals surface area contributed by atoms with Crippen LogP contribution in [0.4, 0.5) is 4.79 Å². The van der Waals surface area contributed by atoms with E-state index in [1.54, 1.807) is 34.6 Å². The molecule has 0 aromatic rings. The van der Waals surface area contributed by atoms with E-state index in [-0.39, 0.29) is 33.4 Å². The average molecular weight is 412 g/mol. The van der Waals surface area contributed by atoms with E-state index in [1.807, 2.05) is 0 Å². The molecule has 0 atom stereocenters. The van der Waals surface area contributed by atoms with Crippen molar-refractivity contribution < 1.29 is 37.4 Å². The summed E-state index contributed by atoms with van der Waals surface area (Å²) in [5, 5.41) is 0. The van der Waals surface area contributed by atoms with Gasteiger partial charge < -0.3 is 23.3 Å². The zero-order valence-electron chi connectivity index (χ0n) is 17.0. The minimum atomic E-state index is -3.65. The lowest BCUT2D eigenvalue weighted by molar-refractivity contribution is -0.131. The van der Waals surface area contributed by atoms with Gasteiger partial charge in [0.1, 0.15) is 26.4 Å². The fourth-order valence-corrected chi connectivity index (χ4v) is 3.46. The number of urea groups is 1. The molecule has 0 aliphatic heterocycles. The number of hydrogen-bond acceptors (Lipinski definition) is 8. The summed E-state index contributed by atoms with van der Waals surface area (Å²) in [6, 6.07) is -0.671. The van der Waals surface area contributed by atoms with Crippen LogP contribution in [0.5, 0.6) is 0 Å². The molecule has 0 rings (SSSR count). The summed E-state index contributed by atoms with van der Waals surface area (Å²) < 4.78 is 38.7. The maximum absolute atomic E-state index is 12.8. The van der Waals surface area contributed by atoms with Gasteiger partial charge in [-0.1, -0.05) is 0 Å². The molecule has 0 bridgehead atoms. The van der Waals surface area contributed by atoms with Crippen LogP contribution in [-0.4, -0.2) is 81.1 Å². The second-order valence-electron chi connectivity index (χ2n) is 5.11. The first-order valence-corrected chi connectivity index (χ1v) is 10.8. The highest BCUT2D eigenvalue weighted by molar-refractivity contribution is 7.54. The standard InChI is InChI=1S/C16H33N2O8P/c1-6-22-12-17(13-23-7-2)16(20)18(14-24-8-3)15(19)11-27(21,25-9-4)26-10-5/h6-14H2,1-5H3. The molecular weight excluding hydrogens is 379 g/mol. The predicted molar refractivity (Wildman–Crippen MR) is 99.3 cm³/mol. The molecule has 0 N–H and O–H groups in total. The summed E-state index contributed by atoms with van der Waals surface area (Å²) in [6.45, 7) is 9.49. The lowest BCUT2D eigenvalue weighted by Crippen LogP contribution is -2.49. The highest BCUT2D eigenvalue weighted by atomic mass is 31.2. The topological polar surface area (TPSA) is 104 Å². The molecule has 3 amide bonds. The minimum absolute atomic E-state index is 0.0557. The first-order chi connectivity index (χ1) is 12.9. The third kappa shape index (κ3) is 10.2. The summed E-state index contributed by atoms with van der Waals surface area (Å²) in [4.78, 5) is 27.6. The smallest absolute Gasteiger partial charge is 0.340 e. The van der Waals surface area contributed by atoms with Gasteiger partial charge in [-0.3, -0.25) is 14.3 Å². The zero-order valence-corrected chi connectivity index (χ0v) is 17.9. The van der Waals surface area contributed by atoms with E-state index in [9.17, 15) is 14.2 Å². The van der Waals surface area contributed by atoms with Gasteiger partial charge in [0.2, 0.25) is 5.91 Å². The molecule has 0 radical (unpaired) electrons. The summed E-state index contributed by atoms with van der Waals surface area (Å²) in [5.41, 5.74) is 0. The quantitative estimate of drug-likeness (QED) is 0.298. The fraction of sp³-hybridized carbons (Fsp3) is 0.875. The molecule has 160 valence electrons. The molecular formula is C16H33N2O8P. The number of nitrogens with zero attached hydrogens (tertiary/aromatic N) is 2. The summed E-state index contributed by atoms with van der Waals surface area (Å²) in [7, 11) is -3.65. The Bertz CT molecular complexity index is 459. The second kappa shape index (κ2) is 15.0. The third-order valence-corrected chi connectivity index (χ3v) is 5.07. The first kappa shape index (κ1) is 26.0. The van der Waals surface area contributed by atoms with Crippen LogP contribution in [0.3, 0.4) is 0 Å². The molecule has 0 spiro atoms. The van der Waals surface area contributed by atoms with Crippen LogP contribution in [0, 0.1) is 0 Å². The van der Waals surface area contributed by atoms with Crippen molar-refractivity contribution in [2.45, 2.75) is 34.6 Å². The Hall–Kier alpha value is -1.03. The number of imide groups is 1. The van der Waals surface area contributed by atoms with Crippen LogP contribution in [0.2, 0.25) is 0 Å². The zero-order chi connectivity index (χ0) is 20.7. The van der Waals surface area contributed by atoms with Crippen LogP contribution < -0.4 is 0 Å². The highest BCUT2D eigenvalue weighted by Gasteiger charge is 2.34. The monoisotopic (exact) mass is 412 g/mol. The molecule has 0 aromatic heterocycles. The molecule has 27 heavy (non-hydrogen) atoms. The molecule has 0 aromatic carbocycles. The fourth-order valence-electron chi connectivity index (χ4n) is 1.91. The molecule has 0 aliphatic carbocycles. The maximum atomic E-state index is 12.8. The molecule has 0 aliphatic rings. The lowest BCUT2D eigenvalue weighted by atomic mass is 10.5. The van der Waals surface area contributed by atoms with Crippen molar-refractivity contribution in [3.8, 4) is 0 Å². The maximum Gasteiger partial charge on any atom is 0.340 e. The van der Waals surface area contributed by atoms with E-state index in [0.717, 1.165) is 4.90 Å². The normalized spacial score (nSPS) is 11.4. The Kier molecular flexibility index (Phi) is 14.4. The van der Waals surface area contributed by atoms with Gasteiger partial charge in [0.15, 0.2) is 0 Å².